The Morgan fingerprint density at radius 2 is 1.88 bits per heavy atom. The van der Waals surface area contributed by atoms with Crippen LogP contribution >= 0.6 is 22.9 Å². The predicted octanol–water partition coefficient (Wildman–Crippen LogP) is 4.79. The molecule has 1 fully saturated rings. The van der Waals surface area contributed by atoms with Crippen LogP contribution in [0.4, 0.5) is 5.13 Å². The van der Waals surface area contributed by atoms with Gasteiger partial charge in [0.25, 0.3) is 5.91 Å². The minimum Gasteiger partial charge on any atom is -0.451 e. The SMILES string of the molecule is Cc1c(C(=O)Nc2nc(-c3ccc(S(=O)(=O)N4CCOCC4)cc3)cs2)oc2ccc(Cl)cc12. The first-order valence-corrected chi connectivity index (χ1v) is 13.2. The van der Waals surface area contributed by atoms with E-state index in [1.54, 1.807) is 54.8 Å². The van der Waals surface area contributed by atoms with Gasteiger partial charge in [-0.25, -0.2) is 13.4 Å². The average Bonchev–Trinajstić information content (AvgIpc) is 3.44. The van der Waals surface area contributed by atoms with E-state index in [1.165, 1.54) is 15.6 Å². The van der Waals surface area contributed by atoms with Crippen LogP contribution in [0.15, 0.2) is 57.2 Å². The fraction of sp³-hybridized carbons (Fsp3) is 0.217. The second-order valence-corrected chi connectivity index (χ2v) is 11.0. The summed E-state index contributed by atoms with van der Waals surface area (Å²) in [5.41, 5.74) is 2.65. The zero-order valence-corrected chi connectivity index (χ0v) is 20.5. The predicted molar refractivity (Wildman–Crippen MR) is 131 cm³/mol. The van der Waals surface area contributed by atoms with Gasteiger partial charge in [-0.15, -0.1) is 11.3 Å². The van der Waals surface area contributed by atoms with Gasteiger partial charge >= 0.3 is 0 Å². The van der Waals surface area contributed by atoms with Crippen molar-refractivity contribution in [1.82, 2.24) is 9.29 Å². The molecule has 1 N–H and O–H groups in total. The normalized spacial score (nSPS) is 15.0. The zero-order chi connectivity index (χ0) is 23.9. The molecule has 1 saturated heterocycles. The summed E-state index contributed by atoms with van der Waals surface area (Å²) < 4.78 is 38.0. The van der Waals surface area contributed by atoms with Crippen molar-refractivity contribution in [3.05, 3.63) is 64.2 Å². The number of fused-ring (bicyclic) bond motifs is 1. The highest BCUT2D eigenvalue weighted by atomic mass is 35.5. The van der Waals surface area contributed by atoms with E-state index in [2.05, 4.69) is 10.3 Å². The molecule has 0 spiro atoms. The molecule has 1 aliphatic heterocycles. The first-order chi connectivity index (χ1) is 16.3. The van der Waals surface area contributed by atoms with Crippen molar-refractivity contribution in [2.75, 3.05) is 31.6 Å². The van der Waals surface area contributed by atoms with Gasteiger partial charge in [-0.05, 0) is 37.3 Å². The number of ether oxygens (including phenoxy) is 1. The van der Waals surface area contributed by atoms with Crippen LogP contribution in [0.2, 0.25) is 5.02 Å². The summed E-state index contributed by atoms with van der Waals surface area (Å²) in [5.74, 6) is -0.204. The third kappa shape index (κ3) is 4.35. The Labute approximate surface area is 205 Å². The van der Waals surface area contributed by atoms with E-state index >= 15 is 0 Å². The van der Waals surface area contributed by atoms with E-state index in [4.69, 9.17) is 20.8 Å². The number of anilines is 1. The number of benzene rings is 2. The van der Waals surface area contributed by atoms with Crippen LogP contribution in [0.5, 0.6) is 0 Å². The number of rotatable bonds is 5. The maximum atomic E-state index is 12.8. The fourth-order valence-electron chi connectivity index (χ4n) is 3.76. The smallest absolute Gasteiger partial charge is 0.293 e. The van der Waals surface area contributed by atoms with Crippen LogP contribution in [0.3, 0.4) is 0 Å². The lowest BCUT2D eigenvalue weighted by atomic mass is 10.1. The molecule has 1 amide bonds. The van der Waals surface area contributed by atoms with Crippen LogP contribution in [-0.4, -0.2) is 49.9 Å². The zero-order valence-electron chi connectivity index (χ0n) is 18.1. The summed E-state index contributed by atoms with van der Waals surface area (Å²) in [6.07, 6.45) is 0. The van der Waals surface area contributed by atoms with E-state index in [-0.39, 0.29) is 10.7 Å². The highest BCUT2D eigenvalue weighted by Crippen LogP contribution is 2.30. The highest BCUT2D eigenvalue weighted by molar-refractivity contribution is 7.89. The molecule has 0 radical (unpaired) electrons. The lowest BCUT2D eigenvalue weighted by Crippen LogP contribution is -2.40. The Balaban J connectivity index is 1.32. The van der Waals surface area contributed by atoms with Crippen LogP contribution in [0, 0.1) is 6.92 Å². The van der Waals surface area contributed by atoms with E-state index in [0.717, 1.165) is 10.9 Å². The highest BCUT2D eigenvalue weighted by Gasteiger charge is 2.26. The molecule has 2 aromatic carbocycles. The number of nitrogens with one attached hydrogen (secondary N) is 1. The number of aryl methyl sites for hydroxylation is 1. The second kappa shape index (κ2) is 9.12. The molecule has 1 aliphatic rings. The van der Waals surface area contributed by atoms with Crippen LogP contribution < -0.4 is 5.32 Å². The third-order valence-corrected chi connectivity index (χ3v) is 8.49. The van der Waals surface area contributed by atoms with Gasteiger partial charge in [-0.2, -0.15) is 4.31 Å². The number of aromatic nitrogens is 1. The van der Waals surface area contributed by atoms with Crippen molar-refractivity contribution in [2.24, 2.45) is 0 Å². The van der Waals surface area contributed by atoms with E-state index in [0.29, 0.717) is 53.3 Å². The largest absolute Gasteiger partial charge is 0.451 e. The quantitative estimate of drug-likeness (QED) is 0.408. The van der Waals surface area contributed by atoms with Gasteiger partial charge in [0.1, 0.15) is 5.58 Å². The van der Waals surface area contributed by atoms with Gasteiger partial charge < -0.3 is 9.15 Å². The number of amides is 1. The van der Waals surface area contributed by atoms with Crippen molar-refractivity contribution >= 4 is 55.0 Å². The molecule has 5 rings (SSSR count). The van der Waals surface area contributed by atoms with E-state index in [1.807, 2.05) is 0 Å². The summed E-state index contributed by atoms with van der Waals surface area (Å²) in [7, 11) is -3.56. The molecular weight excluding hydrogens is 498 g/mol. The van der Waals surface area contributed by atoms with E-state index in [9.17, 15) is 13.2 Å². The summed E-state index contributed by atoms with van der Waals surface area (Å²) in [4.78, 5) is 17.5. The van der Waals surface area contributed by atoms with Crippen LogP contribution in [0.1, 0.15) is 16.1 Å². The molecule has 34 heavy (non-hydrogen) atoms. The Kier molecular flexibility index (Phi) is 6.17. The fourth-order valence-corrected chi connectivity index (χ4v) is 6.06. The Morgan fingerprint density at radius 3 is 2.62 bits per heavy atom. The number of furan rings is 1. The Hall–Kier alpha value is -2.76. The number of nitrogens with zero attached hydrogens (tertiary/aromatic N) is 2. The molecule has 0 aliphatic carbocycles. The summed E-state index contributed by atoms with van der Waals surface area (Å²) in [5, 5.41) is 6.32. The standard InChI is InChI=1S/C23H20ClN3O5S2/c1-14-18-12-16(24)4-7-20(18)32-21(14)22(28)26-23-25-19(13-33-23)15-2-5-17(6-3-15)34(29,30)27-8-10-31-11-9-27/h2-7,12-13H,8-11H2,1H3,(H,25,26,28). The molecule has 8 nitrogen and oxygen atoms in total. The minimum atomic E-state index is -3.56. The third-order valence-electron chi connectivity index (χ3n) is 5.59. The van der Waals surface area contributed by atoms with Crippen molar-refractivity contribution in [3.8, 4) is 11.3 Å². The number of hydrogen-bond donors (Lipinski definition) is 1. The Bertz CT molecular complexity index is 1470. The van der Waals surface area contributed by atoms with Gasteiger partial charge in [0.05, 0.1) is 23.8 Å². The first kappa shape index (κ1) is 23.0. The lowest BCUT2D eigenvalue weighted by Gasteiger charge is -2.26. The number of morpholine rings is 1. The topological polar surface area (TPSA) is 102 Å². The summed E-state index contributed by atoms with van der Waals surface area (Å²) >= 11 is 7.32. The lowest BCUT2D eigenvalue weighted by molar-refractivity contribution is 0.0730. The summed E-state index contributed by atoms with van der Waals surface area (Å²) in [6.45, 7) is 3.28. The van der Waals surface area contributed by atoms with Crippen LogP contribution in [0.25, 0.3) is 22.2 Å². The van der Waals surface area contributed by atoms with Crippen LogP contribution in [-0.2, 0) is 14.8 Å². The minimum absolute atomic E-state index is 0.201. The van der Waals surface area contributed by atoms with Gasteiger partial charge in [0.15, 0.2) is 10.9 Å². The van der Waals surface area contributed by atoms with Crippen molar-refractivity contribution < 1.29 is 22.4 Å². The molecule has 11 heteroatoms. The Morgan fingerprint density at radius 1 is 1.15 bits per heavy atom. The average molecular weight is 518 g/mol. The molecule has 0 bridgehead atoms. The van der Waals surface area contributed by atoms with Crippen molar-refractivity contribution in [3.63, 3.8) is 0 Å². The number of halogens is 1. The summed E-state index contributed by atoms with van der Waals surface area (Å²) in [6, 6.07) is 11.8. The number of thiazole rings is 1. The monoisotopic (exact) mass is 517 g/mol. The molecule has 0 saturated carbocycles. The van der Waals surface area contributed by atoms with Crippen molar-refractivity contribution in [1.29, 1.82) is 0 Å². The molecule has 2 aromatic heterocycles. The number of carbonyl (C=O) groups excluding carboxylic acids is 1. The van der Waals surface area contributed by atoms with Gasteiger partial charge in [0, 0.05) is 40.0 Å². The molecule has 4 aromatic rings. The number of hydrogen-bond acceptors (Lipinski definition) is 7. The maximum Gasteiger partial charge on any atom is 0.293 e. The van der Waals surface area contributed by atoms with E-state index < -0.39 is 15.9 Å². The molecule has 3 heterocycles. The second-order valence-electron chi connectivity index (χ2n) is 7.73. The number of sulfonamides is 1. The maximum absolute atomic E-state index is 12.8. The van der Waals surface area contributed by atoms with Gasteiger partial charge in [-0.1, -0.05) is 23.7 Å². The first-order valence-electron chi connectivity index (χ1n) is 10.5. The molecular formula is C23H20ClN3O5S2. The molecule has 0 unspecified atom stereocenters. The molecule has 0 atom stereocenters. The van der Waals surface area contributed by atoms with Crippen molar-refractivity contribution in [2.45, 2.75) is 11.8 Å². The number of carbonyl (C=O) groups is 1. The van der Waals surface area contributed by atoms with Gasteiger partial charge in [0.2, 0.25) is 10.0 Å². The van der Waals surface area contributed by atoms with Gasteiger partial charge in [-0.3, -0.25) is 10.1 Å². The molecule has 176 valence electrons.